The van der Waals surface area contributed by atoms with E-state index in [0.717, 1.165) is 0 Å². The Kier molecular flexibility index (Phi) is 10.8. The van der Waals surface area contributed by atoms with Crippen LogP contribution in [0.1, 0.15) is 47.0 Å². The van der Waals surface area contributed by atoms with Gasteiger partial charge in [-0.1, -0.05) is 13.8 Å². The lowest BCUT2D eigenvalue weighted by molar-refractivity contribution is -0.143. The van der Waals surface area contributed by atoms with Gasteiger partial charge in [-0.25, -0.2) is 4.79 Å². The molecule has 0 bridgehead atoms. The van der Waals surface area contributed by atoms with E-state index in [1.807, 2.05) is 0 Å². The van der Waals surface area contributed by atoms with Crippen molar-refractivity contribution in [3.05, 3.63) is 0 Å². The lowest BCUT2D eigenvalue weighted by Crippen LogP contribution is -2.57. The average molecular weight is 403 g/mol. The van der Waals surface area contributed by atoms with Crippen molar-refractivity contribution in [2.45, 2.75) is 71.2 Å². The van der Waals surface area contributed by atoms with Gasteiger partial charge in [0.05, 0.1) is 12.5 Å². The molecule has 0 saturated heterocycles. The third kappa shape index (κ3) is 9.86. The van der Waals surface area contributed by atoms with E-state index in [1.165, 1.54) is 13.8 Å². The van der Waals surface area contributed by atoms with Gasteiger partial charge in [0.15, 0.2) is 0 Å². The molecule has 0 radical (unpaired) electrons. The lowest BCUT2D eigenvalue weighted by Gasteiger charge is -2.25. The number of aliphatic carboxylic acids is 2. The molecule has 160 valence electrons. The predicted octanol–water partition coefficient (Wildman–Crippen LogP) is -1.16. The van der Waals surface area contributed by atoms with Gasteiger partial charge in [0, 0.05) is 6.42 Å². The van der Waals surface area contributed by atoms with E-state index in [9.17, 15) is 29.1 Å². The summed E-state index contributed by atoms with van der Waals surface area (Å²) in [4.78, 5) is 58.1. The highest BCUT2D eigenvalue weighted by molar-refractivity contribution is 5.93. The van der Waals surface area contributed by atoms with E-state index < -0.39 is 66.2 Å². The fraction of sp³-hybridized carbons (Fsp3) is 0.706. The molecule has 0 aliphatic carbocycles. The number of hydrogen-bond acceptors (Lipinski definition) is 6. The van der Waals surface area contributed by atoms with E-state index in [2.05, 4.69) is 16.0 Å². The SMILES string of the molecule is CC(O)CC(=O)N[C@@H](C)C(=O)N[C@H](C(=O)N[C@@H](CCC(=O)O)C(=O)O)C(C)C. The molecule has 3 amide bonds. The molecule has 4 atom stereocenters. The van der Waals surface area contributed by atoms with Gasteiger partial charge in [-0.15, -0.1) is 0 Å². The Balaban J connectivity index is 4.97. The van der Waals surface area contributed by atoms with Crippen LogP contribution in [0, 0.1) is 5.92 Å². The summed E-state index contributed by atoms with van der Waals surface area (Å²) in [5.74, 6) is -4.96. The van der Waals surface area contributed by atoms with Crippen LogP contribution in [-0.2, 0) is 24.0 Å². The summed E-state index contributed by atoms with van der Waals surface area (Å²) in [6.07, 6.45) is -1.80. The van der Waals surface area contributed by atoms with Gasteiger partial charge in [-0.3, -0.25) is 19.2 Å². The van der Waals surface area contributed by atoms with Crippen molar-refractivity contribution in [3.8, 4) is 0 Å². The fourth-order valence-electron chi connectivity index (χ4n) is 2.23. The minimum atomic E-state index is -1.41. The molecule has 11 heteroatoms. The second-order valence-corrected chi connectivity index (χ2v) is 6.90. The summed E-state index contributed by atoms with van der Waals surface area (Å²) in [5, 5.41) is 34.0. The Hall–Kier alpha value is -2.69. The zero-order valence-corrected chi connectivity index (χ0v) is 16.4. The fourth-order valence-corrected chi connectivity index (χ4v) is 2.23. The van der Waals surface area contributed by atoms with Crippen LogP contribution >= 0.6 is 0 Å². The number of rotatable bonds is 12. The summed E-state index contributed by atoms with van der Waals surface area (Å²) in [5.41, 5.74) is 0. The summed E-state index contributed by atoms with van der Waals surface area (Å²) >= 11 is 0. The average Bonchev–Trinajstić information content (AvgIpc) is 2.54. The Morgan fingerprint density at radius 2 is 1.43 bits per heavy atom. The van der Waals surface area contributed by atoms with E-state index in [0.29, 0.717) is 0 Å². The highest BCUT2D eigenvalue weighted by Gasteiger charge is 2.30. The molecule has 1 unspecified atom stereocenters. The molecular formula is C17H29N3O8. The van der Waals surface area contributed by atoms with Crippen LogP contribution in [0.2, 0.25) is 0 Å². The van der Waals surface area contributed by atoms with Crippen LogP contribution in [-0.4, -0.2) is 69.2 Å². The van der Waals surface area contributed by atoms with E-state index in [-0.39, 0.29) is 12.8 Å². The molecule has 0 aliphatic heterocycles. The Morgan fingerprint density at radius 3 is 1.86 bits per heavy atom. The third-order valence-corrected chi connectivity index (χ3v) is 3.76. The second kappa shape index (κ2) is 11.9. The maximum absolute atomic E-state index is 12.4. The molecule has 0 fully saturated rings. The quantitative estimate of drug-likeness (QED) is 0.236. The molecule has 0 saturated carbocycles. The smallest absolute Gasteiger partial charge is 0.326 e. The number of nitrogens with one attached hydrogen (secondary N) is 3. The molecule has 0 rings (SSSR count). The van der Waals surface area contributed by atoms with Crippen molar-refractivity contribution >= 4 is 29.7 Å². The minimum absolute atomic E-state index is 0.185. The van der Waals surface area contributed by atoms with Gasteiger partial charge < -0.3 is 31.3 Å². The number of carboxylic acid groups (broad SMARTS) is 2. The number of aliphatic hydroxyl groups is 1. The van der Waals surface area contributed by atoms with Crippen LogP contribution < -0.4 is 16.0 Å². The first kappa shape index (κ1) is 25.3. The normalized spacial score (nSPS) is 15.1. The Morgan fingerprint density at radius 1 is 0.857 bits per heavy atom. The highest BCUT2D eigenvalue weighted by Crippen LogP contribution is 2.06. The van der Waals surface area contributed by atoms with Crippen molar-refractivity contribution in [1.82, 2.24) is 16.0 Å². The van der Waals surface area contributed by atoms with Crippen LogP contribution in [0.5, 0.6) is 0 Å². The molecule has 11 nitrogen and oxygen atoms in total. The monoisotopic (exact) mass is 403 g/mol. The molecule has 0 spiro atoms. The van der Waals surface area contributed by atoms with Gasteiger partial charge in [-0.05, 0) is 26.2 Å². The molecule has 0 aromatic carbocycles. The number of carbonyl (C=O) groups is 5. The maximum Gasteiger partial charge on any atom is 0.326 e. The molecule has 0 aromatic heterocycles. The first-order valence-electron chi connectivity index (χ1n) is 8.87. The molecule has 28 heavy (non-hydrogen) atoms. The van der Waals surface area contributed by atoms with E-state index in [1.54, 1.807) is 13.8 Å². The number of hydrogen-bond donors (Lipinski definition) is 6. The van der Waals surface area contributed by atoms with Gasteiger partial charge >= 0.3 is 11.9 Å². The topological polar surface area (TPSA) is 182 Å². The second-order valence-electron chi connectivity index (χ2n) is 6.90. The zero-order chi connectivity index (χ0) is 22.0. The zero-order valence-electron chi connectivity index (χ0n) is 16.4. The number of carbonyl (C=O) groups excluding carboxylic acids is 3. The lowest BCUT2D eigenvalue weighted by atomic mass is 10.0. The summed E-state index contributed by atoms with van der Waals surface area (Å²) < 4.78 is 0. The van der Waals surface area contributed by atoms with Crippen LogP contribution in [0.25, 0.3) is 0 Å². The highest BCUT2D eigenvalue weighted by atomic mass is 16.4. The Bertz CT molecular complexity index is 591. The molecule has 0 aromatic rings. The van der Waals surface area contributed by atoms with E-state index in [4.69, 9.17) is 10.2 Å². The van der Waals surface area contributed by atoms with Crippen LogP contribution in [0.15, 0.2) is 0 Å². The van der Waals surface area contributed by atoms with Crippen molar-refractivity contribution in [3.63, 3.8) is 0 Å². The summed E-state index contributed by atoms with van der Waals surface area (Å²) in [6.45, 7) is 6.09. The molecular weight excluding hydrogens is 374 g/mol. The van der Waals surface area contributed by atoms with Crippen molar-refractivity contribution in [2.24, 2.45) is 5.92 Å². The van der Waals surface area contributed by atoms with Gasteiger partial charge in [0.25, 0.3) is 0 Å². The Labute approximate surface area is 162 Å². The third-order valence-electron chi connectivity index (χ3n) is 3.76. The first-order chi connectivity index (χ1) is 12.8. The van der Waals surface area contributed by atoms with Crippen molar-refractivity contribution in [2.75, 3.05) is 0 Å². The number of aliphatic hydroxyl groups excluding tert-OH is 1. The first-order valence-corrected chi connectivity index (χ1v) is 8.87. The number of carboxylic acids is 2. The van der Waals surface area contributed by atoms with Crippen LogP contribution in [0.4, 0.5) is 0 Å². The number of amides is 3. The van der Waals surface area contributed by atoms with Crippen molar-refractivity contribution < 1.29 is 39.3 Å². The molecule has 6 N–H and O–H groups in total. The van der Waals surface area contributed by atoms with Gasteiger partial charge in [0.1, 0.15) is 18.1 Å². The van der Waals surface area contributed by atoms with Gasteiger partial charge in [-0.2, -0.15) is 0 Å². The van der Waals surface area contributed by atoms with Crippen LogP contribution in [0.3, 0.4) is 0 Å². The summed E-state index contributed by atoms with van der Waals surface area (Å²) in [7, 11) is 0. The van der Waals surface area contributed by atoms with Crippen molar-refractivity contribution in [1.29, 1.82) is 0 Å². The minimum Gasteiger partial charge on any atom is -0.481 e. The standard InChI is InChI=1S/C17H29N3O8/c1-8(2)14(16(26)19-11(17(27)28)5-6-13(23)24)20-15(25)10(4)18-12(22)7-9(3)21/h8-11,14,21H,5-7H2,1-4H3,(H,18,22)(H,19,26)(H,20,25)(H,23,24)(H,27,28)/t9?,10-,11-,14-/m0/s1. The largest absolute Gasteiger partial charge is 0.481 e. The van der Waals surface area contributed by atoms with Gasteiger partial charge in [0.2, 0.25) is 17.7 Å². The predicted molar refractivity (Wildman–Crippen MR) is 97.1 cm³/mol. The maximum atomic E-state index is 12.4. The molecule has 0 heterocycles. The van der Waals surface area contributed by atoms with E-state index >= 15 is 0 Å². The summed E-state index contributed by atoms with van der Waals surface area (Å²) in [6, 6.07) is -3.48. The molecule has 0 aliphatic rings.